The molecular weight excluding hydrogens is 385 g/mol. The molecule has 0 bridgehead atoms. The number of aliphatic hydroxyl groups excluding tert-OH is 1. The summed E-state index contributed by atoms with van der Waals surface area (Å²) in [6, 6.07) is 11.9. The van der Waals surface area contributed by atoms with Crippen LogP contribution in [0, 0.1) is 11.7 Å². The number of halogens is 1. The van der Waals surface area contributed by atoms with Crippen LogP contribution >= 0.6 is 0 Å². The predicted octanol–water partition coefficient (Wildman–Crippen LogP) is 4.02. The van der Waals surface area contributed by atoms with Crippen molar-refractivity contribution in [1.29, 1.82) is 0 Å². The van der Waals surface area contributed by atoms with E-state index in [2.05, 4.69) is 17.4 Å². The number of phenolic OH excluding ortho intramolecular Hbond substituents is 1. The van der Waals surface area contributed by atoms with E-state index in [1.807, 2.05) is 12.1 Å². The molecule has 1 saturated carbocycles. The quantitative estimate of drug-likeness (QED) is 0.483. The Morgan fingerprint density at radius 3 is 2.43 bits per heavy atom. The molecule has 1 atom stereocenters. The predicted molar refractivity (Wildman–Crippen MR) is 114 cm³/mol. The van der Waals surface area contributed by atoms with Crippen LogP contribution in [0.15, 0.2) is 42.5 Å². The van der Waals surface area contributed by atoms with Crippen molar-refractivity contribution in [3.8, 4) is 17.2 Å². The zero-order chi connectivity index (χ0) is 21.2. The SMILES string of the molecule is Oc1ccc(OC[C@@H](O)CNCCc2ccc(OC[C]3CCCCC3)cc2)cc1F. The van der Waals surface area contributed by atoms with Crippen molar-refractivity contribution in [2.75, 3.05) is 26.3 Å². The average molecular weight is 417 g/mol. The van der Waals surface area contributed by atoms with E-state index in [0.29, 0.717) is 6.54 Å². The van der Waals surface area contributed by atoms with E-state index in [0.717, 1.165) is 31.4 Å². The van der Waals surface area contributed by atoms with E-state index in [-0.39, 0.29) is 12.4 Å². The van der Waals surface area contributed by atoms with Gasteiger partial charge in [-0.2, -0.15) is 0 Å². The minimum Gasteiger partial charge on any atom is -0.505 e. The molecule has 0 unspecified atom stereocenters. The van der Waals surface area contributed by atoms with E-state index in [1.54, 1.807) is 0 Å². The Morgan fingerprint density at radius 1 is 0.967 bits per heavy atom. The van der Waals surface area contributed by atoms with Gasteiger partial charge in [-0.1, -0.05) is 31.4 Å². The highest BCUT2D eigenvalue weighted by atomic mass is 19.1. The maximum atomic E-state index is 13.3. The summed E-state index contributed by atoms with van der Waals surface area (Å²) in [5, 5.41) is 22.3. The highest BCUT2D eigenvalue weighted by molar-refractivity contribution is 5.32. The lowest BCUT2D eigenvalue weighted by Gasteiger charge is -2.21. The van der Waals surface area contributed by atoms with E-state index in [4.69, 9.17) is 14.6 Å². The lowest BCUT2D eigenvalue weighted by molar-refractivity contribution is 0.106. The summed E-state index contributed by atoms with van der Waals surface area (Å²) in [5.41, 5.74) is 1.20. The second kappa shape index (κ2) is 11.8. The molecule has 30 heavy (non-hydrogen) atoms. The minimum atomic E-state index is -0.746. The van der Waals surface area contributed by atoms with Crippen molar-refractivity contribution in [3.63, 3.8) is 0 Å². The second-order valence-electron chi connectivity index (χ2n) is 7.78. The summed E-state index contributed by atoms with van der Waals surface area (Å²) in [5.74, 6) is 1.53. The van der Waals surface area contributed by atoms with Gasteiger partial charge in [0.15, 0.2) is 11.6 Å². The number of hydrogen-bond acceptors (Lipinski definition) is 5. The Balaban J connectivity index is 1.28. The van der Waals surface area contributed by atoms with Crippen molar-refractivity contribution < 1.29 is 24.1 Å². The third kappa shape index (κ3) is 7.50. The number of aliphatic hydroxyl groups is 1. The van der Waals surface area contributed by atoms with Crippen LogP contribution in [0.5, 0.6) is 17.2 Å². The van der Waals surface area contributed by atoms with Crippen LogP contribution in [-0.4, -0.2) is 42.6 Å². The summed E-state index contributed by atoms with van der Waals surface area (Å²) in [4.78, 5) is 0. The fourth-order valence-electron chi connectivity index (χ4n) is 3.46. The summed E-state index contributed by atoms with van der Waals surface area (Å²) >= 11 is 0. The highest BCUT2D eigenvalue weighted by Crippen LogP contribution is 2.26. The van der Waals surface area contributed by atoms with Crippen LogP contribution in [0.4, 0.5) is 4.39 Å². The van der Waals surface area contributed by atoms with Crippen LogP contribution in [0.2, 0.25) is 0 Å². The summed E-state index contributed by atoms with van der Waals surface area (Å²) < 4.78 is 24.5. The minimum absolute atomic E-state index is 0.0439. The molecule has 6 heteroatoms. The molecule has 1 aliphatic carbocycles. The molecule has 0 aliphatic heterocycles. The maximum absolute atomic E-state index is 13.3. The van der Waals surface area contributed by atoms with E-state index < -0.39 is 17.7 Å². The van der Waals surface area contributed by atoms with Gasteiger partial charge in [-0.05, 0) is 55.6 Å². The first-order valence-electron chi connectivity index (χ1n) is 10.7. The van der Waals surface area contributed by atoms with Gasteiger partial charge in [0.25, 0.3) is 0 Å². The third-order valence-corrected chi connectivity index (χ3v) is 5.26. The highest BCUT2D eigenvalue weighted by Gasteiger charge is 2.14. The lowest BCUT2D eigenvalue weighted by Crippen LogP contribution is -2.32. The standard InChI is InChI=1S/C24H31FNO4/c25-23-14-22(10-11-24(23)28)30-17-20(27)15-26-13-12-18-6-8-21(9-7-18)29-16-19-4-2-1-3-5-19/h6-11,14,20,26-28H,1-5,12-13,15-17H2/t20-/m0/s1. The number of benzene rings is 2. The Kier molecular flexibility index (Phi) is 8.78. The molecule has 2 aromatic rings. The van der Waals surface area contributed by atoms with Gasteiger partial charge in [0.2, 0.25) is 0 Å². The second-order valence-corrected chi connectivity index (χ2v) is 7.78. The normalized spacial score (nSPS) is 15.7. The fraction of sp³-hybridized carbons (Fsp3) is 0.458. The molecule has 0 heterocycles. The Bertz CT molecular complexity index is 762. The number of phenols is 1. The maximum Gasteiger partial charge on any atom is 0.168 e. The number of ether oxygens (including phenoxy) is 2. The van der Waals surface area contributed by atoms with E-state index in [9.17, 15) is 9.50 Å². The molecular formula is C24H31FNO4. The van der Waals surface area contributed by atoms with Crippen molar-refractivity contribution in [1.82, 2.24) is 5.32 Å². The van der Waals surface area contributed by atoms with Crippen LogP contribution in [0.3, 0.4) is 0 Å². The monoisotopic (exact) mass is 416 g/mol. The molecule has 0 spiro atoms. The van der Waals surface area contributed by atoms with Gasteiger partial charge >= 0.3 is 0 Å². The molecule has 3 N–H and O–H groups in total. The molecule has 2 aromatic carbocycles. The third-order valence-electron chi connectivity index (χ3n) is 5.26. The van der Waals surface area contributed by atoms with Crippen molar-refractivity contribution in [2.24, 2.45) is 0 Å². The van der Waals surface area contributed by atoms with Crippen molar-refractivity contribution in [2.45, 2.75) is 44.6 Å². The average Bonchev–Trinajstić information content (AvgIpc) is 2.77. The Morgan fingerprint density at radius 2 is 1.70 bits per heavy atom. The zero-order valence-corrected chi connectivity index (χ0v) is 17.3. The van der Waals surface area contributed by atoms with Crippen LogP contribution < -0.4 is 14.8 Å². The van der Waals surface area contributed by atoms with E-state index in [1.165, 1.54) is 55.7 Å². The summed E-state index contributed by atoms with van der Waals surface area (Å²) in [6.45, 7) is 1.88. The van der Waals surface area contributed by atoms with Crippen LogP contribution in [0.25, 0.3) is 0 Å². The first-order valence-corrected chi connectivity index (χ1v) is 10.7. The van der Waals surface area contributed by atoms with Crippen molar-refractivity contribution >= 4 is 0 Å². The molecule has 1 fully saturated rings. The number of rotatable bonds is 11. The molecule has 163 valence electrons. The fourth-order valence-corrected chi connectivity index (χ4v) is 3.46. The van der Waals surface area contributed by atoms with Gasteiger partial charge in [-0.3, -0.25) is 0 Å². The van der Waals surface area contributed by atoms with Crippen LogP contribution in [0.1, 0.15) is 37.7 Å². The largest absolute Gasteiger partial charge is 0.505 e. The molecule has 0 aromatic heterocycles. The summed E-state index contributed by atoms with van der Waals surface area (Å²) in [6.07, 6.45) is 6.46. The Hall–Kier alpha value is -2.31. The van der Waals surface area contributed by atoms with Gasteiger partial charge in [0.05, 0.1) is 6.61 Å². The molecule has 5 nitrogen and oxygen atoms in total. The van der Waals surface area contributed by atoms with Crippen LogP contribution in [-0.2, 0) is 6.42 Å². The van der Waals surface area contributed by atoms with Gasteiger partial charge in [0, 0.05) is 18.5 Å². The lowest BCUT2D eigenvalue weighted by atomic mass is 9.90. The number of aromatic hydroxyl groups is 1. The van der Waals surface area contributed by atoms with Crippen molar-refractivity contribution in [3.05, 3.63) is 59.8 Å². The first-order chi connectivity index (χ1) is 14.6. The number of hydrogen-bond donors (Lipinski definition) is 3. The summed E-state index contributed by atoms with van der Waals surface area (Å²) in [7, 11) is 0. The van der Waals surface area contributed by atoms with Gasteiger partial charge < -0.3 is 25.0 Å². The van der Waals surface area contributed by atoms with Gasteiger partial charge in [0.1, 0.15) is 24.2 Å². The molecule has 1 radical (unpaired) electrons. The molecule has 1 aliphatic rings. The number of nitrogens with one attached hydrogen (secondary N) is 1. The molecule has 3 rings (SSSR count). The molecule has 0 amide bonds. The topological polar surface area (TPSA) is 71.0 Å². The zero-order valence-electron chi connectivity index (χ0n) is 17.3. The first kappa shape index (κ1) is 22.4. The van der Waals surface area contributed by atoms with E-state index >= 15 is 0 Å². The molecule has 0 saturated heterocycles. The Labute approximate surface area is 177 Å². The van der Waals surface area contributed by atoms with Gasteiger partial charge in [-0.25, -0.2) is 4.39 Å². The smallest absolute Gasteiger partial charge is 0.168 e. The van der Waals surface area contributed by atoms with Gasteiger partial charge in [-0.15, -0.1) is 0 Å².